The van der Waals surface area contributed by atoms with Gasteiger partial charge in [0.15, 0.2) is 5.11 Å². The summed E-state index contributed by atoms with van der Waals surface area (Å²) in [6.07, 6.45) is -4.60. The predicted octanol–water partition coefficient (Wildman–Crippen LogP) is 3.06. The van der Waals surface area contributed by atoms with Crippen LogP contribution in [0.1, 0.15) is 36.5 Å². The fourth-order valence-electron chi connectivity index (χ4n) is 3.75. The van der Waals surface area contributed by atoms with Crippen LogP contribution in [0.15, 0.2) is 53.4 Å². The Hall–Kier alpha value is -2.70. The van der Waals surface area contributed by atoms with Crippen molar-refractivity contribution in [3.8, 4) is 0 Å². The summed E-state index contributed by atoms with van der Waals surface area (Å²) in [5.74, 6) is -0.203. The SMILES string of the molecule is CC(C)c1ccc(CNC(=O)[C@H]2CN(C(N)=S)CCN2S(=O)(=O)c2ccc(C(F)(F)F)cc2)cc1. The van der Waals surface area contributed by atoms with E-state index in [-0.39, 0.29) is 36.2 Å². The highest BCUT2D eigenvalue weighted by Gasteiger charge is 2.41. The Bertz CT molecular complexity index is 1170. The Balaban J connectivity index is 1.82. The molecule has 0 saturated carbocycles. The third kappa shape index (κ3) is 6.30. The topological polar surface area (TPSA) is 95.7 Å². The normalized spacial score (nSPS) is 17.4. The van der Waals surface area contributed by atoms with E-state index in [1.165, 1.54) is 4.90 Å². The van der Waals surface area contributed by atoms with E-state index in [0.29, 0.717) is 18.1 Å². The molecule has 7 nitrogen and oxygen atoms in total. The number of benzene rings is 2. The molecule has 0 bridgehead atoms. The average Bonchev–Trinajstić information content (AvgIpc) is 2.81. The summed E-state index contributed by atoms with van der Waals surface area (Å²) in [4.78, 5) is 14.3. The van der Waals surface area contributed by atoms with Crippen molar-refractivity contribution in [2.75, 3.05) is 19.6 Å². The van der Waals surface area contributed by atoms with Crippen LogP contribution in [0.3, 0.4) is 0 Å². The number of thiocarbonyl (C=S) groups is 1. The van der Waals surface area contributed by atoms with Crippen LogP contribution in [0, 0.1) is 0 Å². The molecule has 1 aliphatic rings. The van der Waals surface area contributed by atoms with Gasteiger partial charge in [-0.25, -0.2) is 8.42 Å². The van der Waals surface area contributed by atoms with E-state index < -0.39 is 33.7 Å². The zero-order chi connectivity index (χ0) is 26.0. The number of piperazine rings is 1. The molecule has 2 aromatic carbocycles. The minimum Gasteiger partial charge on any atom is -0.376 e. The third-order valence-electron chi connectivity index (χ3n) is 5.85. The Morgan fingerprint density at radius 2 is 1.71 bits per heavy atom. The zero-order valence-corrected chi connectivity index (χ0v) is 20.9. The molecule has 1 amide bonds. The monoisotopic (exact) mass is 528 g/mol. The minimum absolute atomic E-state index is 0.0265. The number of amides is 1. The second-order valence-electron chi connectivity index (χ2n) is 8.55. The van der Waals surface area contributed by atoms with Gasteiger partial charge < -0.3 is 16.0 Å². The lowest BCUT2D eigenvalue weighted by Crippen LogP contribution is -2.62. The fraction of sp³-hybridized carbons (Fsp3) is 0.391. The number of nitrogens with two attached hydrogens (primary N) is 1. The van der Waals surface area contributed by atoms with Crippen LogP contribution in [0.5, 0.6) is 0 Å². The van der Waals surface area contributed by atoms with Crippen LogP contribution in [0.2, 0.25) is 0 Å². The van der Waals surface area contributed by atoms with Gasteiger partial charge in [0, 0.05) is 26.2 Å². The van der Waals surface area contributed by atoms with Gasteiger partial charge in [0.2, 0.25) is 15.9 Å². The van der Waals surface area contributed by atoms with Crippen molar-refractivity contribution in [1.29, 1.82) is 0 Å². The number of carbonyl (C=O) groups excluding carboxylic acids is 1. The van der Waals surface area contributed by atoms with Crippen LogP contribution in [0.4, 0.5) is 13.2 Å². The first kappa shape index (κ1) is 26.9. The molecule has 3 rings (SSSR count). The number of nitrogens with one attached hydrogen (secondary N) is 1. The number of hydrogen-bond acceptors (Lipinski definition) is 4. The first-order valence-corrected chi connectivity index (χ1v) is 12.8. The molecule has 0 aromatic heterocycles. The average molecular weight is 529 g/mol. The molecule has 0 spiro atoms. The van der Waals surface area contributed by atoms with Crippen LogP contribution in [-0.4, -0.2) is 54.3 Å². The largest absolute Gasteiger partial charge is 0.416 e. The maximum atomic E-state index is 13.3. The number of alkyl halides is 3. The molecule has 2 aromatic rings. The van der Waals surface area contributed by atoms with E-state index in [1.807, 2.05) is 24.3 Å². The fourth-order valence-corrected chi connectivity index (χ4v) is 5.48. The van der Waals surface area contributed by atoms with Crippen LogP contribution < -0.4 is 11.1 Å². The molecule has 1 atom stereocenters. The van der Waals surface area contributed by atoms with E-state index in [2.05, 4.69) is 19.2 Å². The number of nitrogens with zero attached hydrogens (tertiary/aromatic N) is 2. The maximum absolute atomic E-state index is 13.3. The summed E-state index contributed by atoms with van der Waals surface area (Å²) in [5, 5.41) is 2.78. The smallest absolute Gasteiger partial charge is 0.376 e. The molecule has 1 aliphatic heterocycles. The van der Waals surface area contributed by atoms with Crippen LogP contribution in [0.25, 0.3) is 0 Å². The molecule has 190 valence electrons. The van der Waals surface area contributed by atoms with Crippen molar-refractivity contribution in [3.63, 3.8) is 0 Å². The van der Waals surface area contributed by atoms with Gasteiger partial charge in [-0.15, -0.1) is 0 Å². The van der Waals surface area contributed by atoms with Crippen molar-refractivity contribution in [2.45, 2.75) is 43.4 Å². The number of halogens is 3. The molecular formula is C23H27F3N4O3S2. The quantitative estimate of drug-likeness (QED) is 0.560. The number of rotatable bonds is 6. The van der Waals surface area contributed by atoms with E-state index in [0.717, 1.165) is 27.6 Å². The van der Waals surface area contributed by atoms with Crippen LogP contribution in [-0.2, 0) is 27.5 Å². The molecule has 0 radical (unpaired) electrons. The Morgan fingerprint density at radius 1 is 1.11 bits per heavy atom. The molecule has 1 heterocycles. The molecule has 1 saturated heterocycles. The lowest BCUT2D eigenvalue weighted by atomic mass is 10.0. The van der Waals surface area contributed by atoms with Gasteiger partial charge in [-0.3, -0.25) is 4.79 Å². The lowest BCUT2D eigenvalue weighted by molar-refractivity contribution is -0.137. The van der Waals surface area contributed by atoms with Gasteiger partial charge in [-0.1, -0.05) is 38.1 Å². The number of carbonyl (C=O) groups is 1. The Labute approximate surface area is 208 Å². The predicted molar refractivity (Wildman–Crippen MR) is 130 cm³/mol. The van der Waals surface area contributed by atoms with Crippen molar-refractivity contribution in [2.24, 2.45) is 5.73 Å². The van der Waals surface area contributed by atoms with Gasteiger partial charge in [0.1, 0.15) is 6.04 Å². The zero-order valence-electron chi connectivity index (χ0n) is 19.2. The van der Waals surface area contributed by atoms with Crippen LogP contribution >= 0.6 is 12.2 Å². The van der Waals surface area contributed by atoms with Crippen molar-refractivity contribution in [1.82, 2.24) is 14.5 Å². The van der Waals surface area contributed by atoms with Crippen molar-refractivity contribution < 1.29 is 26.4 Å². The van der Waals surface area contributed by atoms with Gasteiger partial charge in [-0.2, -0.15) is 17.5 Å². The summed E-state index contributed by atoms with van der Waals surface area (Å²) < 4.78 is 66.3. The summed E-state index contributed by atoms with van der Waals surface area (Å²) in [7, 11) is -4.27. The number of hydrogen-bond donors (Lipinski definition) is 2. The Kier molecular flexibility index (Phi) is 8.07. The molecular weight excluding hydrogens is 501 g/mol. The first-order valence-electron chi connectivity index (χ1n) is 10.9. The lowest BCUT2D eigenvalue weighted by Gasteiger charge is -2.39. The third-order valence-corrected chi connectivity index (χ3v) is 8.03. The van der Waals surface area contributed by atoms with E-state index >= 15 is 0 Å². The molecule has 3 N–H and O–H groups in total. The second-order valence-corrected chi connectivity index (χ2v) is 10.9. The molecule has 35 heavy (non-hydrogen) atoms. The van der Waals surface area contributed by atoms with E-state index in [9.17, 15) is 26.4 Å². The molecule has 12 heteroatoms. The molecule has 1 fully saturated rings. The highest BCUT2D eigenvalue weighted by molar-refractivity contribution is 7.89. The summed E-state index contributed by atoms with van der Waals surface area (Å²) in [6.45, 7) is 4.28. The highest BCUT2D eigenvalue weighted by Crippen LogP contribution is 2.31. The Morgan fingerprint density at radius 3 is 2.23 bits per heavy atom. The van der Waals surface area contributed by atoms with Gasteiger partial charge >= 0.3 is 6.18 Å². The number of sulfonamides is 1. The van der Waals surface area contributed by atoms with E-state index in [1.54, 1.807) is 0 Å². The van der Waals surface area contributed by atoms with Crippen molar-refractivity contribution >= 4 is 33.3 Å². The summed E-state index contributed by atoms with van der Waals surface area (Å²) in [5.41, 5.74) is 6.72. The van der Waals surface area contributed by atoms with Gasteiger partial charge in [-0.05, 0) is 53.5 Å². The second kappa shape index (κ2) is 10.5. The van der Waals surface area contributed by atoms with Gasteiger partial charge in [0.25, 0.3) is 0 Å². The standard InChI is InChI=1S/C23H27F3N4O3S2/c1-15(2)17-5-3-16(4-6-17)13-28-21(31)20-14-29(22(27)34)11-12-30(20)35(32,33)19-9-7-18(8-10-19)23(24,25)26/h3-10,15,20H,11-14H2,1-2H3,(H2,27,34)(H,28,31)/t20-/m1/s1. The molecule has 0 aliphatic carbocycles. The van der Waals surface area contributed by atoms with Gasteiger partial charge in [0.05, 0.1) is 10.5 Å². The minimum atomic E-state index is -4.60. The summed E-state index contributed by atoms with van der Waals surface area (Å²) >= 11 is 5.00. The highest BCUT2D eigenvalue weighted by atomic mass is 32.2. The van der Waals surface area contributed by atoms with E-state index in [4.69, 9.17) is 18.0 Å². The maximum Gasteiger partial charge on any atom is 0.416 e. The summed E-state index contributed by atoms with van der Waals surface area (Å²) in [6, 6.07) is 9.70. The molecule has 0 unspecified atom stereocenters. The van der Waals surface area contributed by atoms with Crippen molar-refractivity contribution in [3.05, 3.63) is 65.2 Å². The first-order chi connectivity index (χ1) is 16.3.